The number of benzene rings is 2. The van der Waals surface area contributed by atoms with Gasteiger partial charge in [0.1, 0.15) is 11.3 Å². The summed E-state index contributed by atoms with van der Waals surface area (Å²) in [6, 6.07) is 12.7. The Balaban J connectivity index is 2.40. The lowest BCUT2D eigenvalue weighted by molar-refractivity contribution is 0.479. The van der Waals surface area contributed by atoms with Gasteiger partial charge >= 0.3 is 0 Å². The molecule has 0 unspecified atom stereocenters. The highest BCUT2D eigenvalue weighted by atomic mass is 35.5. The van der Waals surface area contributed by atoms with E-state index < -0.39 is 0 Å². The van der Waals surface area contributed by atoms with Gasteiger partial charge in [0.05, 0.1) is 5.39 Å². The van der Waals surface area contributed by atoms with Crippen molar-refractivity contribution in [2.45, 2.75) is 6.92 Å². The van der Waals surface area contributed by atoms with E-state index in [1.165, 1.54) is 0 Å². The summed E-state index contributed by atoms with van der Waals surface area (Å²) in [5.41, 5.74) is 3.27. The van der Waals surface area contributed by atoms with Gasteiger partial charge in [0.2, 0.25) is 0 Å². The fourth-order valence-corrected chi connectivity index (χ4v) is 2.60. The Hall–Kier alpha value is -1.84. The third-order valence-electron chi connectivity index (χ3n) is 3.12. The summed E-state index contributed by atoms with van der Waals surface area (Å²) in [6.07, 6.45) is 0. The first-order valence-electron chi connectivity index (χ1n) is 6.08. The molecule has 4 heteroatoms. The summed E-state index contributed by atoms with van der Waals surface area (Å²) in [5.74, 6) is 0.184. The van der Waals surface area contributed by atoms with Crippen molar-refractivity contribution in [2.24, 2.45) is 0 Å². The first-order chi connectivity index (χ1) is 9.54. The SMILES string of the molecule is Cc1cc(O)c2c(-c3ccc(Cl)cc3)cc(=S)oc2c1. The van der Waals surface area contributed by atoms with Crippen molar-refractivity contribution in [3.8, 4) is 16.9 Å². The third kappa shape index (κ3) is 2.30. The lowest BCUT2D eigenvalue weighted by Gasteiger charge is -2.09. The normalized spacial score (nSPS) is 10.9. The van der Waals surface area contributed by atoms with Crippen molar-refractivity contribution < 1.29 is 9.52 Å². The Labute approximate surface area is 126 Å². The maximum absolute atomic E-state index is 10.2. The Morgan fingerprint density at radius 3 is 2.50 bits per heavy atom. The summed E-state index contributed by atoms with van der Waals surface area (Å²) in [6.45, 7) is 1.90. The van der Waals surface area contributed by atoms with Gasteiger partial charge in [0, 0.05) is 16.7 Å². The Bertz CT molecular complexity index is 851. The Kier molecular flexibility index (Phi) is 3.24. The predicted octanol–water partition coefficient (Wildman–Crippen LogP) is 5.50. The van der Waals surface area contributed by atoms with Gasteiger partial charge in [0.25, 0.3) is 0 Å². The number of fused-ring (bicyclic) bond motifs is 1. The van der Waals surface area contributed by atoms with E-state index >= 15 is 0 Å². The molecule has 1 aromatic heterocycles. The monoisotopic (exact) mass is 302 g/mol. The molecule has 0 bridgehead atoms. The molecule has 0 fully saturated rings. The van der Waals surface area contributed by atoms with Crippen LogP contribution in [0.15, 0.2) is 46.9 Å². The molecule has 1 heterocycles. The molecule has 2 aromatic carbocycles. The minimum atomic E-state index is 0.184. The van der Waals surface area contributed by atoms with Crippen LogP contribution in [0.3, 0.4) is 0 Å². The van der Waals surface area contributed by atoms with Crippen LogP contribution in [0.2, 0.25) is 5.02 Å². The van der Waals surface area contributed by atoms with Gasteiger partial charge in [0.15, 0.2) is 4.71 Å². The van der Waals surface area contributed by atoms with Gasteiger partial charge < -0.3 is 9.52 Å². The number of aromatic hydroxyl groups is 1. The van der Waals surface area contributed by atoms with Gasteiger partial charge in [-0.2, -0.15) is 0 Å². The zero-order valence-electron chi connectivity index (χ0n) is 10.7. The van der Waals surface area contributed by atoms with E-state index in [-0.39, 0.29) is 5.75 Å². The molecule has 0 spiro atoms. The fourth-order valence-electron chi connectivity index (χ4n) is 2.27. The molecule has 3 aromatic rings. The van der Waals surface area contributed by atoms with Crippen LogP contribution in [0.25, 0.3) is 22.1 Å². The molecule has 20 heavy (non-hydrogen) atoms. The van der Waals surface area contributed by atoms with E-state index in [0.717, 1.165) is 16.7 Å². The lowest BCUT2D eigenvalue weighted by Crippen LogP contribution is -1.85. The summed E-state index contributed by atoms with van der Waals surface area (Å²) in [7, 11) is 0. The number of phenolic OH excluding ortho intramolecular Hbond substituents is 1. The molecule has 0 aliphatic rings. The maximum Gasteiger partial charge on any atom is 0.191 e. The first-order valence-corrected chi connectivity index (χ1v) is 6.86. The molecule has 0 radical (unpaired) electrons. The maximum atomic E-state index is 10.2. The highest BCUT2D eigenvalue weighted by Gasteiger charge is 2.11. The third-order valence-corrected chi connectivity index (χ3v) is 3.58. The van der Waals surface area contributed by atoms with Crippen molar-refractivity contribution >= 4 is 34.8 Å². The number of hydrogen-bond acceptors (Lipinski definition) is 3. The number of phenols is 1. The second-order valence-corrected chi connectivity index (χ2v) is 5.48. The molecule has 0 aliphatic heterocycles. The van der Waals surface area contributed by atoms with Crippen molar-refractivity contribution in [1.29, 1.82) is 0 Å². The van der Waals surface area contributed by atoms with Crippen LogP contribution in [0.5, 0.6) is 5.75 Å². The van der Waals surface area contributed by atoms with Gasteiger partial charge in [-0.05, 0) is 54.5 Å². The highest BCUT2D eigenvalue weighted by molar-refractivity contribution is 7.71. The van der Waals surface area contributed by atoms with E-state index in [9.17, 15) is 5.11 Å². The second-order valence-electron chi connectivity index (χ2n) is 4.64. The van der Waals surface area contributed by atoms with Crippen LogP contribution in [-0.4, -0.2) is 5.11 Å². The molecule has 2 nitrogen and oxygen atoms in total. The smallest absolute Gasteiger partial charge is 0.191 e. The molecule has 0 saturated heterocycles. The predicted molar refractivity (Wildman–Crippen MR) is 83.9 cm³/mol. The van der Waals surface area contributed by atoms with Crippen LogP contribution >= 0.6 is 23.8 Å². The van der Waals surface area contributed by atoms with Crippen LogP contribution in [0.1, 0.15) is 5.56 Å². The Morgan fingerprint density at radius 1 is 1.10 bits per heavy atom. The van der Waals surface area contributed by atoms with Gasteiger partial charge in [-0.1, -0.05) is 23.7 Å². The van der Waals surface area contributed by atoms with Gasteiger partial charge in [-0.15, -0.1) is 0 Å². The van der Waals surface area contributed by atoms with Crippen LogP contribution in [0.4, 0.5) is 0 Å². The topological polar surface area (TPSA) is 33.4 Å². The van der Waals surface area contributed by atoms with E-state index in [1.807, 2.05) is 25.1 Å². The number of halogens is 1. The first kappa shape index (κ1) is 13.2. The second kappa shape index (κ2) is 4.93. The zero-order chi connectivity index (χ0) is 14.3. The molecule has 0 saturated carbocycles. The molecular formula is C16H11ClO2S. The standard InChI is InChI=1S/C16H11ClO2S/c1-9-6-13(18)16-12(8-15(20)19-14(16)7-9)10-2-4-11(17)5-3-10/h2-8,18H,1H3. The largest absolute Gasteiger partial charge is 0.507 e. The molecule has 3 rings (SSSR count). The lowest BCUT2D eigenvalue weighted by atomic mass is 10.0. The van der Waals surface area contributed by atoms with Crippen molar-refractivity contribution in [3.05, 3.63) is 57.8 Å². The highest BCUT2D eigenvalue weighted by Crippen LogP contribution is 2.36. The van der Waals surface area contributed by atoms with E-state index in [0.29, 0.717) is 20.7 Å². The molecular weight excluding hydrogens is 292 g/mol. The minimum absolute atomic E-state index is 0.184. The Morgan fingerprint density at radius 2 is 1.80 bits per heavy atom. The molecule has 1 N–H and O–H groups in total. The van der Waals surface area contributed by atoms with Gasteiger partial charge in [-0.3, -0.25) is 0 Å². The average molecular weight is 303 g/mol. The van der Waals surface area contributed by atoms with Crippen molar-refractivity contribution in [3.63, 3.8) is 0 Å². The van der Waals surface area contributed by atoms with Crippen molar-refractivity contribution in [1.82, 2.24) is 0 Å². The van der Waals surface area contributed by atoms with E-state index in [4.69, 9.17) is 28.2 Å². The molecule has 0 atom stereocenters. The number of hydrogen-bond donors (Lipinski definition) is 1. The summed E-state index contributed by atoms with van der Waals surface area (Å²) >= 11 is 11.1. The zero-order valence-corrected chi connectivity index (χ0v) is 12.3. The quantitative estimate of drug-likeness (QED) is 0.603. The molecule has 0 amide bonds. The van der Waals surface area contributed by atoms with Gasteiger partial charge in [-0.25, -0.2) is 0 Å². The molecule has 100 valence electrons. The average Bonchev–Trinajstić information content (AvgIpc) is 2.37. The van der Waals surface area contributed by atoms with Crippen molar-refractivity contribution in [2.75, 3.05) is 0 Å². The fraction of sp³-hybridized carbons (Fsp3) is 0.0625. The van der Waals surface area contributed by atoms with Crippen LogP contribution in [-0.2, 0) is 0 Å². The summed E-state index contributed by atoms with van der Waals surface area (Å²) in [5, 5.41) is 11.5. The number of aryl methyl sites for hydroxylation is 1. The van der Waals surface area contributed by atoms with Crippen LogP contribution in [0, 0.1) is 11.6 Å². The van der Waals surface area contributed by atoms with E-state index in [1.54, 1.807) is 24.3 Å². The molecule has 0 aliphatic carbocycles. The number of rotatable bonds is 1. The van der Waals surface area contributed by atoms with Crippen LogP contribution < -0.4 is 0 Å². The van der Waals surface area contributed by atoms with E-state index in [2.05, 4.69) is 0 Å². The minimum Gasteiger partial charge on any atom is -0.507 e. The summed E-state index contributed by atoms with van der Waals surface area (Å²) in [4.78, 5) is 0. The summed E-state index contributed by atoms with van der Waals surface area (Å²) < 4.78 is 5.92.